The summed E-state index contributed by atoms with van der Waals surface area (Å²) in [5, 5.41) is 13.8. The third kappa shape index (κ3) is 3.52. The van der Waals surface area contributed by atoms with Crippen molar-refractivity contribution >= 4 is 23.3 Å². The Hall–Kier alpha value is -2.08. The molecule has 7 heteroatoms. The molecule has 0 unspecified atom stereocenters. The molecule has 0 saturated heterocycles. The molecular formula is C14H18ClN5O. The van der Waals surface area contributed by atoms with Crippen LogP contribution in [0.5, 0.6) is 0 Å². The zero-order valence-electron chi connectivity index (χ0n) is 12.3. The lowest BCUT2D eigenvalue weighted by atomic mass is 10.1. The molecule has 2 aromatic rings. The molecule has 0 spiro atoms. The topological polar surface area (TPSA) is 71.8 Å². The molecule has 21 heavy (non-hydrogen) atoms. The van der Waals surface area contributed by atoms with Gasteiger partial charge in [0.15, 0.2) is 0 Å². The second kappa shape index (κ2) is 6.58. The number of benzene rings is 1. The molecule has 0 aliphatic rings. The molecule has 0 fully saturated rings. The average molecular weight is 308 g/mol. The highest BCUT2D eigenvalue weighted by molar-refractivity contribution is 6.34. The molecule has 2 rings (SSSR count). The van der Waals surface area contributed by atoms with Crippen molar-refractivity contribution in [3.63, 3.8) is 0 Å². The highest BCUT2D eigenvalue weighted by Crippen LogP contribution is 2.27. The van der Waals surface area contributed by atoms with E-state index in [2.05, 4.69) is 20.9 Å². The highest BCUT2D eigenvalue weighted by Gasteiger charge is 2.11. The second-order valence-electron chi connectivity index (χ2n) is 4.71. The van der Waals surface area contributed by atoms with Crippen LogP contribution in [0.2, 0.25) is 5.02 Å². The van der Waals surface area contributed by atoms with Gasteiger partial charge in [-0.3, -0.25) is 0 Å². The summed E-state index contributed by atoms with van der Waals surface area (Å²) in [5.41, 5.74) is 3.51. The summed E-state index contributed by atoms with van der Waals surface area (Å²) in [7, 11) is 0. The van der Waals surface area contributed by atoms with Crippen LogP contribution in [0, 0.1) is 13.8 Å². The third-order valence-electron chi connectivity index (χ3n) is 3.35. The third-order valence-corrected chi connectivity index (χ3v) is 3.67. The Kier molecular flexibility index (Phi) is 4.80. The van der Waals surface area contributed by atoms with Crippen LogP contribution in [-0.4, -0.2) is 21.0 Å². The Balaban J connectivity index is 2.01. The van der Waals surface area contributed by atoms with Gasteiger partial charge >= 0.3 is 6.03 Å². The zero-order chi connectivity index (χ0) is 15.4. The number of carbonyl (C=O) groups excluding carboxylic acids is 1. The van der Waals surface area contributed by atoms with Crippen molar-refractivity contribution in [1.82, 2.24) is 20.3 Å². The molecular weight excluding hydrogens is 290 g/mol. The molecule has 1 heterocycles. The van der Waals surface area contributed by atoms with Gasteiger partial charge in [0, 0.05) is 6.54 Å². The molecule has 2 N–H and O–H groups in total. The number of nitrogens with one attached hydrogen (secondary N) is 2. The summed E-state index contributed by atoms with van der Waals surface area (Å²) in [5.74, 6) is 0. The minimum atomic E-state index is -0.311. The maximum absolute atomic E-state index is 12.0. The van der Waals surface area contributed by atoms with Crippen molar-refractivity contribution in [2.24, 2.45) is 0 Å². The number of hydrogen-bond acceptors (Lipinski definition) is 3. The number of aryl methyl sites for hydroxylation is 2. The van der Waals surface area contributed by atoms with Gasteiger partial charge < -0.3 is 10.6 Å². The quantitative estimate of drug-likeness (QED) is 0.912. The first-order valence-corrected chi connectivity index (χ1v) is 7.08. The van der Waals surface area contributed by atoms with Gasteiger partial charge in [0.1, 0.15) is 0 Å². The van der Waals surface area contributed by atoms with Crippen molar-refractivity contribution in [1.29, 1.82) is 0 Å². The first kappa shape index (κ1) is 15.3. The number of amides is 2. The van der Waals surface area contributed by atoms with Gasteiger partial charge in [-0.2, -0.15) is 0 Å². The van der Waals surface area contributed by atoms with Crippen molar-refractivity contribution in [3.8, 4) is 0 Å². The number of rotatable bonds is 4. The lowest BCUT2D eigenvalue weighted by Crippen LogP contribution is -2.29. The summed E-state index contributed by atoms with van der Waals surface area (Å²) < 4.78 is 1.73. The molecule has 0 saturated carbocycles. The monoisotopic (exact) mass is 307 g/mol. The van der Waals surface area contributed by atoms with Crippen LogP contribution in [-0.2, 0) is 13.1 Å². The first-order chi connectivity index (χ1) is 10.0. The lowest BCUT2D eigenvalue weighted by molar-refractivity contribution is 0.251. The van der Waals surface area contributed by atoms with E-state index in [1.807, 2.05) is 26.8 Å². The Bertz CT molecular complexity index is 653. The van der Waals surface area contributed by atoms with Crippen LogP contribution in [0.25, 0.3) is 0 Å². The largest absolute Gasteiger partial charge is 0.332 e. The number of aromatic nitrogens is 3. The molecule has 0 atom stereocenters. The summed E-state index contributed by atoms with van der Waals surface area (Å²) in [6, 6.07) is 3.39. The standard InChI is InChI=1S/C14H18ClN5O/c1-4-20-11(8-17-19-20)7-16-14(21)18-13-10(3)9(2)5-6-12(13)15/h5-6,8H,4,7H2,1-3H3,(H2,16,18,21). The molecule has 0 aliphatic heterocycles. The van der Waals surface area contributed by atoms with Crippen molar-refractivity contribution in [2.45, 2.75) is 33.9 Å². The first-order valence-electron chi connectivity index (χ1n) is 6.70. The van der Waals surface area contributed by atoms with Crippen LogP contribution >= 0.6 is 11.6 Å². The minimum absolute atomic E-state index is 0.311. The van der Waals surface area contributed by atoms with E-state index in [9.17, 15) is 4.79 Å². The SMILES string of the molecule is CCn1nncc1CNC(=O)Nc1c(Cl)ccc(C)c1C. The summed E-state index contributed by atoms with van der Waals surface area (Å²) in [4.78, 5) is 12.0. The van der Waals surface area contributed by atoms with Crippen LogP contribution < -0.4 is 10.6 Å². The van der Waals surface area contributed by atoms with Gasteiger partial charge in [-0.05, 0) is 38.0 Å². The fourth-order valence-corrected chi connectivity index (χ4v) is 2.20. The number of hydrogen-bond donors (Lipinski definition) is 2. The predicted molar refractivity (Wildman–Crippen MR) is 82.5 cm³/mol. The van der Waals surface area contributed by atoms with Crippen LogP contribution in [0.3, 0.4) is 0 Å². The van der Waals surface area contributed by atoms with E-state index in [-0.39, 0.29) is 6.03 Å². The number of carbonyl (C=O) groups is 1. The molecule has 1 aromatic heterocycles. The molecule has 6 nitrogen and oxygen atoms in total. The maximum Gasteiger partial charge on any atom is 0.319 e. The molecule has 1 aromatic carbocycles. The van der Waals surface area contributed by atoms with Crippen molar-refractivity contribution in [2.75, 3.05) is 5.32 Å². The second-order valence-corrected chi connectivity index (χ2v) is 5.12. The number of anilines is 1. The average Bonchev–Trinajstić information content (AvgIpc) is 2.93. The smallest absolute Gasteiger partial charge is 0.319 e. The Morgan fingerprint density at radius 3 is 2.86 bits per heavy atom. The minimum Gasteiger partial charge on any atom is -0.332 e. The van der Waals surface area contributed by atoms with E-state index in [1.165, 1.54) is 0 Å². The van der Waals surface area contributed by atoms with Crippen molar-refractivity contribution < 1.29 is 4.79 Å². The van der Waals surface area contributed by atoms with Crippen molar-refractivity contribution in [3.05, 3.63) is 40.2 Å². The summed E-state index contributed by atoms with van der Waals surface area (Å²) in [6.45, 7) is 6.93. The van der Waals surface area contributed by atoms with Crippen LogP contribution in [0.15, 0.2) is 18.3 Å². The molecule has 0 aliphatic carbocycles. The van der Waals surface area contributed by atoms with E-state index in [0.29, 0.717) is 23.8 Å². The van der Waals surface area contributed by atoms with E-state index in [4.69, 9.17) is 11.6 Å². The highest BCUT2D eigenvalue weighted by atomic mass is 35.5. The molecule has 2 amide bonds. The zero-order valence-corrected chi connectivity index (χ0v) is 13.0. The fraction of sp³-hybridized carbons (Fsp3) is 0.357. The number of nitrogens with zero attached hydrogens (tertiary/aromatic N) is 3. The van der Waals surface area contributed by atoms with Crippen LogP contribution in [0.4, 0.5) is 10.5 Å². The van der Waals surface area contributed by atoms with E-state index in [0.717, 1.165) is 16.8 Å². The van der Waals surface area contributed by atoms with E-state index in [1.54, 1.807) is 16.9 Å². The van der Waals surface area contributed by atoms with Gasteiger partial charge in [-0.1, -0.05) is 22.9 Å². The van der Waals surface area contributed by atoms with Gasteiger partial charge in [0.05, 0.1) is 29.1 Å². The van der Waals surface area contributed by atoms with Crippen LogP contribution in [0.1, 0.15) is 23.7 Å². The molecule has 0 bridgehead atoms. The molecule has 0 radical (unpaired) electrons. The predicted octanol–water partition coefficient (Wildman–Crippen LogP) is 2.89. The van der Waals surface area contributed by atoms with E-state index >= 15 is 0 Å². The van der Waals surface area contributed by atoms with Gasteiger partial charge in [-0.25, -0.2) is 9.48 Å². The Labute approximate surface area is 128 Å². The Morgan fingerprint density at radius 1 is 1.38 bits per heavy atom. The van der Waals surface area contributed by atoms with E-state index < -0.39 is 0 Å². The number of halogens is 1. The normalized spacial score (nSPS) is 10.5. The summed E-state index contributed by atoms with van der Waals surface area (Å²) >= 11 is 6.13. The Morgan fingerprint density at radius 2 is 2.14 bits per heavy atom. The van der Waals surface area contributed by atoms with Gasteiger partial charge in [0.25, 0.3) is 0 Å². The lowest BCUT2D eigenvalue weighted by Gasteiger charge is -2.13. The maximum atomic E-state index is 12.0. The number of urea groups is 1. The fourth-order valence-electron chi connectivity index (χ4n) is 1.95. The summed E-state index contributed by atoms with van der Waals surface area (Å²) in [6.07, 6.45) is 1.63. The van der Waals surface area contributed by atoms with Gasteiger partial charge in [-0.15, -0.1) is 5.10 Å². The molecule has 112 valence electrons. The van der Waals surface area contributed by atoms with Gasteiger partial charge in [0.2, 0.25) is 0 Å².